The highest BCUT2D eigenvalue weighted by atomic mass is 14.9. The van der Waals surface area contributed by atoms with Crippen molar-refractivity contribution >= 4 is 0 Å². The van der Waals surface area contributed by atoms with Crippen LogP contribution < -0.4 is 11.1 Å². The maximum Gasteiger partial charge on any atom is 0.0162 e. The Hall–Kier alpha value is -0.0800. The molecule has 0 aromatic heterocycles. The first kappa shape index (κ1) is 10.9. The van der Waals surface area contributed by atoms with Crippen LogP contribution in [0.4, 0.5) is 0 Å². The Balaban J connectivity index is 3.22. The first-order chi connectivity index (χ1) is 5.20. The molecule has 0 saturated heterocycles. The van der Waals surface area contributed by atoms with Crippen LogP contribution in [-0.2, 0) is 0 Å². The smallest absolute Gasteiger partial charge is 0.0162 e. The second-order valence-electron chi connectivity index (χ2n) is 3.44. The highest BCUT2D eigenvalue weighted by molar-refractivity contribution is 4.63. The third kappa shape index (κ3) is 6.32. The Bertz CT molecular complexity index is 83.6. The van der Waals surface area contributed by atoms with E-state index in [2.05, 4.69) is 26.1 Å². The summed E-state index contributed by atoms with van der Waals surface area (Å²) in [7, 11) is 0. The van der Waals surface area contributed by atoms with Gasteiger partial charge in [-0.1, -0.05) is 20.3 Å². The molecule has 0 rings (SSSR count). The van der Waals surface area contributed by atoms with Gasteiger partial charge in [-0.25, -0.2) is 0 Å². The van der Waals surface area contributed by atoms with E-state index in [1.807, 2.05) is 0 Å². The van der Waals surface area contributed by atoms with E-state index in [0.29, 0.717) is 6.04 Å². The third-order valence-corrected chi connectivity index (χ3v) is 1.95. The molecule has 0 bridgehead atoms. The molecular weight excluding hydrogens is 136 g/mol. The Morgan fingerprint density at radius 2 is 2.00 bits per heavy atom. The maximum absolute atomic E-state index is 5.47. The van der Waals surface area contributed by atoms with E-state index < -0.39 is 0 Å². The molecule has 0 amide bonds. The van der Waals surface area contributed by atoms with Crippen LogP contribution in [0.15, 0.2) is 0 Å². The summed E-state index contributed by atoms with van der Waals surface area (Å²) >= 11 is 0. The lowest BCUT2D eigenvalue weighted by molar-refractivity contribution is 0.441. The molecule has 11 heavy (non-hydrogen) atoms. The normalized spacial score (nSPS) is 16.4. The maximum atomic E-state index is 5.47. The lowest BCUT2D eigenvalue weighted by Crippen LogP contribution is -2.35. The predicted molar refractivity (Wildman–Crippen MR) is 50.6 cm³/mol. The Kier molecular flexibility index (Phi) is 6.57. The topological polar surface area (TPSA) is 38.0 Å². The molecule has 0 heterocycles. The molecule has 0 aliphatic rings. The minimum Gasteiger partial charge on any atom is -0.329 e. The molecule has 0 saturated carbocycles. The van der Waals surface area contributed by atoms with Gasteiger partial charge in [-0.05, 0) is 25.8 Å². The quantitative estimate of drug-likeness (QED) is 0.612. The van der Waals surface area contributed by atoms with Crippen LogP contribution in [-0.4, -0.2) is 19.1 Å². The third-order valence-electron chi connectivity index (χ3n) is 1.95. The van der Waals surface area contributed by atoms with Crippen molar-refractivity contribution < 1.29 is 0 Å². The standard InChI is InChI=1S/C9H22N2/c1-4-5-8(2)7-11-9(3)6-10/h8-9,11H,4-7,10H2,1-3H3/t8?,9-/m1/s1. The van der Waals surface area contributed by atoms with Crippen LogP contribution in [0.1, 0.15) is 33.6 Å². The van der Waals surface area contributed by atoms with Crippen molar-refractivity contribution in [2.24, 2.45) is 11.7 Å². The van der Waals surface area contributed by atoms with Crippen LogP contribution in [0.5, 0.6) is 0 Å². The summed E-state index contributed by atoms with van der Waals surface area (Å²) < 4.78 is 0. The largest absolute Gasteiger partial charge is 0.329 e. The minimum absolute atomic E-state index is 0.467. The fourth-order valence-corrected chi connectivity index (χ4v) is 1.08. The first-order valence-corrected chi connectivity index (χ1v) is 4.64. The fourth-order valence-electron chi connectivity index (χ4n) is 1.08. The molecule has 0 aromatic carbocycles. The molecule has 0 aliphatic heterocycles. The molecule has 3 N–H and O–H groups in total. The van der Waals surface area contributed by atoms with E-state index in [0.717, 1.165) is 19.0 Å². The van der Waals surface area contributed by atoms with Gasteiger partial charge in [-0.15, -0.1) is 0 Å². The zero-order chi connectivity index (χ0) is 8.69. The van der Waals surface area contributed by atoms with E-state index in [1.54, 1.807) is 0 Å². The van der Waals surface area contributed by atoms with Crippen LogP contribution in [0, 0.1) is 5.92 Å². The van der Waals surface area contributed by atoms with Crippen LogP contribution in [0.2, 0.25) is 0 Å². The Morgan fingerprint density at radius 1 is 1.36 bits per heavy atom. The summed E-state index contributed by atoms with van der Waals surface area (Å²) in [6.07, 6.45) is 2.59. The molecule has 0 radical (unpaired) electrons. The molecule has 2 nitrogen and oxygen atoms in total. The van der Waals surface area contributed by atoms with E-state index in [1.165, 1.54) is 12.8 Å². The second-order valence-corrected chi connectivity index (χ2v) is 3.44. The molecule has 0 aromatic rings. The van der Waals surface area contributed by atoms with Crippen LogP contribution >= 0.6 is 0 Å². The van der Waals surface area contributed by atoms with Gasteiger partial charge in [0.2, 0.25) is 0 Å². The number of hydrogen-bond donors (Lipinski definition) is 2. The van der Waals surface area contributed by atoms with Gasteiger partial charge in [-0.2, -0.15) is 0 Å². The molecule has 2 heteroatoms. The van der Waals surface area contributed by atoms with Gasteiger partial charge in [0.25, 0.3) is 0 Å². The summed E-state index contributed by atoms with van der Waals surface area (Å²) in [5.41, 5.74) is 5.47. The van der Waals surface area contributed by atoms with E-state index >= 15 is 0 Å². The fraction of sp³-hybridized carbons (Fsp3) is 1.00. The molecule has 1 unspecified atom stereocenters. The predicted octanol–water partition coefficient (Wildman–Crippen LogP) is 1.36. The monoisotopic (exact) mass is 158 g/mol. The van der Waals surface area contributed by atoms with Gasteiger partial charge in [0, 0.05) is 12.6 Å². The summed E-state index contributed by atoms with van der Waals surface area (Å²) in [5.74, 6) is 0.786. The molecular formula is C9H22N2. The average molecular weight is 158 g/mol. The summed E-state index contributed by atoms with van der Waals surface area (Å²) in [4.78, 5) is 0. The van der Waals surface area contributed by atoms with Crippen molar-refractivity contribution in [3.05, 3.63) is 0 Å². The zero-order valence-corrected chi connectivity index (χ0v) is 8.06. The highest BCUT2D eigenvalue weighted by Gasteiger charge is 2.02. The summed E-state index contributed by atoms with van der Waals surface area (Å²) in [6, 6.07) is 0.467. The van der Waals surface area contributed by atoms with E-state index in [9.17, 15) is 0 Å². The number of rotatable bonds is 6. The van der Waals surface area contributed by atoms with E-state index in [4.69, 9.17) is 5.73 Å². The Labute approximate surface area is 70.5 Å². The van der Waals surface area contributed by atoms with Crippen molar-refractivity contribution in [3.8, 4) is 0 Å². The summed E-state index contributed by atoms with van der Waals surface area (Å²) in [5, 5.41) is 3.39. The van der Waals surface area contributed by atoms with Gasteiger partial charge < -0.3 is 11.1 Å². The number of nitrogens with two attached hydrogens (primary N) is 1. The average Bonchev–Trinajstić information content (AvgIpc) is 2.01. The van der Waals surface area contributed by atoms with Gasteiger partial charge in [0.1, 0.15) is 0 Å². The molecule has 0 aliphatic carbocycles. The van der Waals surface area contributed by atoms with Crippen LogP contribution in [0.25, 0.3) is 0 Å². The number of nitrogens with one attached hydrogen (secondary N) is 1. The lowest BCUT2D eigenvalue weighted by atomic mass is 10.1. The molecule has 0 spiro atoms. The SMILES string of the molecule is CCCC(C)CN[C@H](C)CN. The Morgan fingerprint density at radius 3 is 2.45 bits per heavy atom. The zero-order valence-electron chi connectivity index (χ0n) is 8.06. The molecule has 0 fully saturated rings. The van der Waals surface area contributed by atoms with Gasteiger partial charge in [0.15, 0.2) is 0 Å². The second kappa shape index (κ2) is 6.62. The highest BCUT2D eigenvalue weighted by Crippen LogP contribution is 2.02. The van der Waals surface area contributed by atoms with Crippen molar-refractivity contribution in [1.82, 2.24) is 5.32 Å². The van der Waals surface area contributed by atoms with Gasteiger partial charge in [0.05, 0.1) is 0 Å². The van der Waals surface area contributed by atoms with Gasteiger partial charge in [-0.3, -0.25) is 0 Å². The molecule has 68 valence electrons. The first-order valence-electron chi connectivity index (χ1n) is 4.64. The van der Waals surface area contributed by atoms with Crippen molar-refractivity contribution in [2.75, 3.05) is 13.1 Å². The van der Waals surface area contributed by atoms with Crippen LogP contribution in [0.3, 0.4) is 0 Å². The van der Waals surface area contributed by atoms with Crippen molar-refractivity contribution in [3.63, 3.8) is 0 Å². The minimum atomic E-state index is 0.467. The van der Waals surface area contributed by atoms with Crippen molar-refractivity contribution in [1.29, 1.82) is 0 Å². The van der Waals surface area contributed by atoms with E-state index in [-0.39, 0.29) is 0 Å². The molecule has 2 atom stereocenters. The summed E-state index contributed by atoms with van der Waals surface area (Å²) in [6.45, 7) is 8.46. The van der Waals surface area contributed by atoms with Gasteiger partial charge >= 0.3 is 0 Å². The number of hydrogen-bond acceptors (Lipinski definition) is 2. The van der Waals surface area contributed by atoms with Crippen molar-refractivity contribution in [2.45, 2.75) is 39.7 Å². The lowest BCUT2D eigenvalue weighted by Gasteiger charge is -2.15.